The molecule has 0 bridgehead atoms. The van der Waals surface area contributed by atoms with Crippen molar-refractivity contribution in [1.29, 1.82) is 0 Å². The Kier molecular flexibility index (Phi) is 5.88. The number of ether oxygens (including phenoxy) is 3. The number of carbonyl (C=O) groups is 1. The summed E-state index contributed by atoms with van der Waals surface area (Å²) >= 11 is 0. The molecule has 0 unspecified atom stereocenters. The number of rotatable bonds is 7. The van der Waals surface area contributed by atoms with Crippen molar-refractivity contribution < 1.29 is 19.0 Å². The average molecular weight is 366 g/mol. The number of carbonyl (C=O) groups excluding carboxylic acids is 1. The summed E-state index contributed by atoms with van der Waals surface area (Å²) in [4.78, 5) is 17.1. The number of amides is 1. The van der Waals surface area contributed by atoms with Crippen LogP contribution in [0.3, 0.4) is 0 Å². The van der Waals surface area contributed by atoms with E-state index in [4.69, 9.17) is 14.2 Å². The van der Waals surface area contributed by atoms with E-state index in [1.54, 1.807) is 20.3 Å². The van der Waals surface area contributed by atoms with Crippen LogP contribution >= 0.6 is 0 Å². The van der Waals surface area contributed by atoms with E-state index in [9.17, 15) is 4.79 Å². The molecule has 2 aromatic carbocycles. The zero-order chi connectivity index (χ0) is 19.2. The molecule has 0 saturated heterocycles. The van der Waals surface area contributed by atoms with Crippen LogP contribution in [0.1, 0.15) is 16.1 Å². The smallest absolute Gasteiger partial charge is 0.274 e. The molecule has 140 valence electrons. The number of fused-ring (bicyclic) bond motifs is 1. The highest BCUT2D eigenvalue weighted by molar-refractivity contribution is 6.04. The highest BCUT2D eigenvalue weighted by atomic mass is 16.5. The molecule has 0 aliphatic carbocycles. The van der Waals surface area contributed by atoms with E-state index in [2.05, 4.69) is 10.3 Å². The van der Waals surface area contributed by atoms with Crippen molar-refractivity contribution in [3.8, 4) is 11.5 Å². The first-order valence-electron chi connectivity index (χ1n) is 8.59. The number of anilines is 1. The number of methoxy groups -OCH3 is 2. The zero-order valence-corrected chi connectivity index (χ0v) is 15.6. The number of aryl methyl sites for hydroxylation is 1. The van der Waals surface area contributed by atoms with Crippen molar-refractivity contribution in [2.75, 3.05) is 32.8 Å². The van der Waals surface area contributed by atoms with Crippen molar-refractivity contribution in [3.05, 3.63) is 59.8 Å². The monoisotopic (exact) mass is 366 g/mol. The van der Waals surface area contributed by atoms with E-state index in [1.807, 2.05) is 49.4 Å². The third kappa shape index (κ3) is 4.54. The Morgan fingerprint density at radius 2 is 1.89 bits per heavy atom. The minimum Gasteiger partial charge on any atom is -0.497 e. The lowest BCUT2D eigenvalue weighted by molar-refractivity contribution is 0.102. The third-order valence-corrected chi connectivity index (χ3v) is 4.06. The Morgan fingerprint density at radius 3 is 2.67 bits per heavy atom. The van der Waals surface area contributed by atoms with E-state index >= 15 is 0 Å². The molecular formula is C21H22N2O4. The fourth-order valence-electron chi connectivity index (χ4n) is 2.63. The van der Waals surface area contributed by atoms with Gasteiger partial charge in [0, 0.05) is 12.5 Å². The van der Waals surface area contributed by atoms with Gasteiger partial charge in [-0.3, -0.25) is 4.79 Å². The van der Waals surface area contributed by atoms with Gasteiger partial charge in [-0.25, -0.2) is 4.98 Å². The van der Waals surface area contributed by atoms with Crippen LogP contribution in [0.5, 0.6) is 11.5 Å². The van der Waals surface area contributed by atoms with Crippen LogP contribution in [0.4, 0.5) is 5.69 Å². The van der Waals surface area contributed by atoms with E-state index < -0.39 is 0 Å². The molecule has 1 N–H and O–H groups in total. The zero-order valence-electron chi connectivity index (χ0n) is 15.6. The van der Waals surface area contributed by atoms with E-state index in [0.717, 1.165) is 22.2 Å². The maximum Gasteiger partial charge on any atom is 0.274 e. The van der Waals surface area contributed by atoms with Crippen molar-refractivity contribution in [1.82, 2.24) is 4.98 Å². The molecule has 0 radical (unpaired) electrons. The molecule has 0 saturated carbocycles. The quantitative estimate of drug-likeness (QED) is 0.644. The molecule has 1 aromatic heterocycles. The summed E-state index contributed by atoms with van der Waals surface area (Å²) in [7, 11) is 3.23. The Balaban J connectivity index is 1.81. The van der Waals surface area contributed by atoms with Gasteiger partial charge in [0.15, 0.2) is 0 Å². The van der Waals surface area contributed by atoms with Gasteiger partial charge < -0.3 is 19.5 Å². The number of hydrogen-bond donors (Lipinski definition) is 1. The van der Waals surface area contributed by atoms with E-state index in [0.29, 0.717) is 30.3 Å². The van der Waals surface area contributed by atoms with Crippen LogP contribution in [0.2, 0.25) is 0 Å². The molecule has 3 rings (SSSR count). The Hall–Kier alpha value is -3.12. The topological polar surface area (TPSA) is 69.7 Å². The summed E-state index contributed by atoms with van der Waals surface area (Å²) in [6.07, 6.45) is 0. The Labute approximate surface area is 158 Å². The Morgan fingerprint density at radius 1 is 1.04 bits per heavy atom. The molecule has 0 fully saturated rings. The van der Waals surface area contributed by atoms with Crippen LogP contribution in [0.15, 0.2) is 48.5 Å². The van der Waals surface area contributed by atoms with Gasteiger partial charge in [0.2, 0.25) is 0 Å². The van der Waals surface area contributed by atoms with Crippen molar-refractivity contribution >= 4 is 22.5 Å². The van der Waals surface area contributed by atoms with Crippen LogP contribution in [0.25, 0.3) is 10.9 Å². The lowest BCUT2D eigenvalue weighted by Gasteiger charge is -2.13. The van der Waals surface area contributed by atoms with Crippen molar-refractivity contribution in [3.63, 3.8) is 0 Å². The lowest BCUT2D eigenvalue weighted by atomic mass is 10.1. The van der Waals surface area contributed by atoms with Gasteiger partial charge in [-0.15, -0.1) is 0 Å². The normalized spacial score (nSPS) is 10.6. The van der Waals surface area contributed by atoms with Crippen LogP contribution in [-0.4, -0.2) is 38.3 Å². The minimum atomic E-state index is -0.298. The number of nitrogens with one attached hydrogen (secondary N) is 1. The molecule has 1 amide bonds. The average Bonchev–Trinajstić information content (AvgIpc) is 2.69. The minimum absolute atomic E-state index is 0.298. The van der Waals surface area contributed by atoms with Crippen molar-refractivity contribution in [2.45, 2.75) is 6.92 Å². The first kappa shape index (κ1) is 18.7. The highest BCUT2D eigenvalue weighted by Crippen LogP contribution is 2.26. The molecule has 3 aromatic rings. The molecular weight excluding hydrogens is 344 g/mol. The van der Waals surface area contributed by atoms with Gasteiger partial charge in [-0.2, -0.15) is 0 Å². The number of hydrogen-bond acceptors (Lipinski definition) is 5. The fraction of sp³-hybridized carbons (Fsp3) is 0.238. The molecule has 0 aliphatic rings. The number of nitrogens with zero attached hydrogens (tertiary/aromatic N) is 1. The van der Waals surface area contributed by atoms with Crippen LogP contribution in [-0.2, 0) is 4.74 Å². The lowest BCUT2D eigenvalue weighted by Crippen LogP contribution is -2.15. The van der Waals surface area contributed by atoms with Crippen LogP contribution in [0, 0.1) is 6.92 Å². The second-order valence-corrected chi connectivity index (χ2v) is 6.05. The fourth-order valence-corrected chi connectivity index (χ4v) is 2.63. The third-order valence-electron chi connectivity index (χ3n) is 4.06. The molecule has 0 spiro atoms. The molecule has 27 heavy (non-hydrogen) atoms. The SMILES string of the molecule is COCCOc1cc(C)ccc1NC(=O)c1ccc2cc(OC)ccc2n1. The molecule has 1 heterocycles. The summed E-state index contributed by atoms with van der Waals surface area (Å²) in [5, 5.41) is 3.78. The van der Waals surface area contributed by atoms with E-state index in [1.165, 1.54) is 0 Å². The first-order chi connectivity index (χ1) is 13.1. The number of pyridine rings is 1. The standard InChI is InChI=1S/C21H22N2O4/c1-14-4-7-18(20(12-14)27-11-10-25-2)23-21(24)19-8-5-15-13-16(26-3)6-9-17(15)22-19/h4-9,12-13H,10-11H2,1-3H3,(H,23,24). The summed E-state index contributed by atoms with van der Waals surface area (Å²) in [5.41, 5.74) is 2.69. The highest BCUT2D eigenvalue weighted by Gasteiger charge is 2.12. The molecule has 0 atom stereocenters. The van der Waals surface area contributed by atoms with E-state index in [-0.39, 0.29) is 5.91 Å². The summed E-state index contributed by atoms with van der Waals surface area (Å²) in [6.45, 7) is 2.84. The second-order valence-electron chi connectivity index (χ2n) is 6.05. The largest absolute Gasteiger partial charge is 0.497 e. The van der Waals surface area contributed by atoms with Crippen LogP contribution < -0.4 is 14.8 Å². The van der Waals surface area contributed by atoms with Gasteiger partial charge in [0.25, 0.3) is 5.91 Å². The first-order valence-corrected chi connectivity index (χ1v) is 8.59. The molecule has 6 nitrogen and oxygen atoms in total. The van der Waals surface area contributed by atoms with Gasteiger partial charge >= 0.3 is 0 Å². The predicted molar refractivity (Wildman–Crippen MR) is 105 cm³/mol. The molecule has 0 aliphatic heterocycles. The number of aromatic nitrogens is 1. The van der Waals surface area contributed by atoms with Gasteiger partial charge in [0.05, 0.1) is 24.9 Å². The van der Waals surface area contributed by atoms with Crippen molar-refractivity contribution in [2.24, 2.45) is 0 Å². The van der Waals surface area contributed by atoms with Gasteiger partial charge in [-0.1, -0.05) is 12.1 Å². The molecule has 6 heteroatoms. The van der Waals surface area contributed by atoms with Gasteiger partial charge in [0.1, 0.15) is 23.8 Å². The van der Waals surface area contributed by atoms with Gasteiger partial charge in [-0.05, 0) is 48.9 Å². The maximum absolute atomic E-state index is 12.7. The predicted octanol–water partition coefficient (Wildman–Crippen LogP) is 3.83. The maximum atomic E-state index is 12.7. The summed E-state index contributed by atoms with van der Waals surface area (Å²) in [5.74, 6) is 1.05. The summed E-state index contributed by atoms with van der Waals surface area (Å²) < 4.78 is 15.9. The number of benzene rings is 2. The second kappa shape index (κ2) is 8.51. The summed E-state index contributed by atoms with van der Waals surface area (Å²) in [6, 6.07) is 14.7. The Bertz CT molecular complexity index is 956.